The molecule has 2 aromatic rings. The first-order valence-electron chi connectivity index (χ1n) is 10.8. The molecule has 0 bridgehead atoms. The van der Waals surface area contributed by atoms with Crippen LogP contribution < -0.4 is 0 Å². The first-order chi connectivity index (χ1) is 14.0. The topological polar surface area (TPSA) is 0 Å². The van der Waals surface area contributed by atoms with Crippen LogP contribution in [0.4, 0.5) is 0 Å². The van der Waals surface area contributed by atoms with E-state index in [0.29, 0.717) is 0 Å². The Bertz CT molecular complexity index is 940. The van der Waals surface area contributed by atoms with E-state index >= 15 is 0 Å². The molecule has 0 unspecified atom stereocenters. The fourth-order valence-electron chi connectivity index (χ4n) is 4.54. The summed E-state index contributed by atoms with van der Waals surface area (Å²) in [5, 5.41) is 0. The van der Waals surface area contributed by atoms with E-state index in [4.69, 9.17) is 18.6 Å². The van der Waals surface area contributed by atoms with Gasteiger partial charge in [-0.3, -0.25) is 0 Å². The zero-order valence-electron chi connectivity index (χ0n) is 19.3. The fraction of sp³-hybridized carbons (Fsp3) is 0.444. The van der Waals surface area contributed by atoms with Gasteiger partial charge in [0.05, 0.1) is 0 Å². The maximum atomic E-state index is 4.89. The van der Waals surface area contributed by atoms with Crippen LogP contribution in [0.15, 0.2) is 29.8 Å². The third kappa shape index (κ3) is 5.10. The summed E-state index contributed by atoms with van der Waals surface area (Å²) in [5.41, 5.74) is 13.5. The zero-order valence-corrected chi connectivity index (χ0v) is 22.4. The summed E-state index contributed by atoms with van der Waals surface area (Å²) in [7, 11) is 9.78. The summed E-state index contributed by atoms with van der Waals surface area (Å²) in [5.74, 6) is 0. The quantitative estimate of drug-likeness (QED) is 0.361. The molecule has 1 radical (unpaired) electrons. The van der Waals surface area contributed by atoms with Crippen molar-refractivity contribution in [3.63, 3.8) is 0 Å². The van der Waals surface area contributed by atoms with Crippen LogP contribution in [0.25, 0.3) is 17.2 Å². The molecule has 3 heteroatoms. The van der Waals surface area contributed by atoms with Crippen molar-refractivity contribution < 1.29 is 17.0 Å². The Balaban J connectivity index is 0.000000806. The molecule has 2 aliphatic rings. The Hall–Kier alpha value is -0.526. The van der Waals surface area contributed by atoms with Gasteiger partial charge in [-0.15, -0.1) is 0 Å². The third-order valence-electron chi connectivity index (χ3n) is 6.18. The molecule has 0 saturated carbocycles. The summed E-state index contributed by atoms with van der Waals surface area (Å²) in [4.78, 5) is 0. The molecule has 0 atom stereocenters. The molecule has 0 spiro atoms. The minimum atomic E-state index is -0.556. The first kappa shape index (κ1) is 24.1. The van der Waals surface area contributed by atoms with Gasteiger partial charge in [0.2, 0.25) is 0 Å². The molecule has 0 saturated heterocycles. The molecule has 159 valence electrons. The number of fused-ring (bicyclic) bond motifs is 2. The summed E-state index contributed by atoms with van der Waals surface area (Å²) in [6.45, 7) is 16.2. The van der Waals surface area contributed by atoms with Crippen molar-refractivity contribution in [2.24, 2.45) is 0 Å². The molecule has 0 nitrogen and oxygen atoms in total. The second-order valence-corrected chi connectivity index (χ2v) is 13.2. The number of hydrogen-bond donors (Lipinski definition) is 0. The SMILES string of the molecule is CC1=Cc2c(cc3c(c2-c2cc(C(C)(C)C)cc(C(C)(C)C)c2)CCC3)[CH]1.[Cl][Ti][Cl]. The van der Waals surface area contributed by atoms with Crippen molar-refractivity contribution in [3.05, 3.63) is 69.6 Å². The van der Waals surface area contributed by atoms with Gasteiger partial charge in [-0.25, -0.2) is 0 Å². The normalized spacial score (nSPS) is 15.2. The van der Waals surface area contributed by atoms with Gasteiger partial charge < -0.3 is 0 Å². The van der Waals surface area contributed by atoms with Gasteiger partial charge in [0.25, 0.3) is 0 Å². The van der Waals surface area contributed by atoms with Gasteiger partial charge in [-0.2, -0.15) is 0 Å². The van der Waals surface area contributed by atoms with Gasteiger partial charge in [0, 0.05) is 6.42 Å². The second-order valence-electron chi connectivity index (χ2n) is 10.6. The third-order valence-corrected chi connectivity index (χ3v) is 6.18. The number of halogens is 2. The van der Waals surface area contributed by atoms with Gasteiger partial charge in [-0.05, 0) is 81.5 Å². The predicted molar refractivity (Wildman–Crippen MR) is 130 cm³/mol. The average molecular weight is 476 g/mol. The molecule has 0 aliphatic heterocycles. The summed E-state index contributed by atoms with van der Waals surface area (Å²) >= 11 is -0.556. The van der Waals surface area contributed by atoms with Gasteiger partial charge in [-0.1, -0.05) is 77.5 Å². The second kappa shape index (κ2) is 9.15. The zero-order chi connectivity index (χ0) is 22.3. The van der Waals surface area contributed by atoms with Crippen LogP contribution in [0.2, 0.25) is 0 Å². The van der Waals surface area contributed by atoms with Crippen molar-refractivity contribution in [2.45, 2.75) is 78.6 Å². The van der Waals surface area contributed by atoms with E-state index in [9.17, 15) is 0 Å². The molecule has 2 aromatic carbocycles. The molecule has 4 rings (SSSR count). The Morgan fingerprint density at radius 1 is 0.833 bits per heavy atom. The fourth-order valence-corrected chi connectivity index (χ4v) is 4.54. The van der Waals surface area contributed by atoms with E-state index in [1.807, 2.05) is 0 Å². The molecular weight excluding hydrogens is 443 g/mol. The number of benzene rings is 2. The molecule has 30 heavy (non-hydrogen) atoms. The van der Waals surface area contributed by atoms with Gasteiger partial charge >= 0.3 is 35.6 Å². The predicted octanol–water partition coefficient (Wildman–Crippen LogP) is 8.78. The van der Waals surface area contributed by atoms with Crippen molar-refractivity contribution in [2.75, 3.05) is 0 Å². The Morgan fingerprint density at radius 2 is 1.40 bits per heavy atom. The van der Waals surface area contributed by atoms with Crippen LogP contribution in [-0.4, -0.2) is 0 Å². The van der Waals surface area contributed by atoms with E-state index < -0.39 is 17.0 Å². The van der Waals surface area contributed by atoms with E-state index in [1.54, 1.807) is 11.1 Å². The Morgan fingerprint density at radius 3 is 1.93 bits per heavy atom. The van der Waals surface area contributed by atoms with Gasteiger partial charge in [0.1, 0.15) is 0 Å². The maximum absolute atomic E-state index is 4.89. The summed E-state index contributed by atoms with van der Waals surface area (Å²) < 4.78 is 0. The monoisotopic (exact) mass is 475 g/mol. The minimum absolute atomic E-state index is 0.148. The van der Waals surface area contributed by atoms with Crippen molar-refractivity contribution in [3.8, 4) is 11.1 Å². The molecule has 0 amide bonds. The Labute approximate surface area is 200 Å². The van der Waals surface area contributed by atoms with E-state index in [2.05, 4.69) is 85.2 Å². The van der Waals surface area contributed by atoms with Gasteiger partial charge in [0.15, 0.2) is 0 Å². The van der Waals surface area contributed by atoms with Crippen LogP contribution in [0.3, 0.4) is 0 Å². The standard InChI is InChI=1S/C27H33.2ClH.Ti/c1-17-11-19-13-18-9-8-10-23(18)25(24(19)12-17)20-14-21(26(2,3)4)16-22(15-20)27(5,6)7;;;/h11-16H,8-10H2,1-7H3;2*1H;/q;;;+2/p-2. The number of hydrogen-bond acceptors (Lipinski definition) is 0. The molecule has 0 heterocycles. The summed E-state index contributed by atoms with van der Waals surface area (Å²) in [6.07, 6.45) is 8.49. The molecular formula is C27H33Cl2Ti. The molecule has 2 aliphatic carbocycles. The van der Waals surface area contributed by atoms with E-state index in [0.717, 1.165) is 0 Å². The average Bonchev–Trinajstić information content (AvgIpc) is 3.23. The Kier molecular flexibility index (Phi) is 7.36. The molecule has 0 N–H and O–H groups in total. The van der Waals surface area contributed by atoms with E-state index in [-0.39, 0.29) is 10.8 Å². The first-order valence-corrected chi connectivity index (χ1v) is 15.1. The van der Waals surface area contributed by atoms with E-state index in [1.165, 1.54) is 58.2 Å². The summed E-state index contributed by atoms with van der Waals surface area (Å²) in [6, 6.07) is 9.81. The number of rotatable bonds is 1. The van der Waals surface area contributed by atoms with Crippen molar-refractivity contribution in [1.29, 1.82) is 0 Å². The van der Waals surface area contributed by atoms with Crippen LogP contribution in [0, 0.1) is 6.42 Å². The number of aryl methyl sites for hydroxylation is 1. The van der Waals surface area contributed by atoms with Crippen molar-refractivity contribution >= 4 is 24.7 Å². The van der Waals surface area contributed by atoms with Crippen molar-refractivity contribution in [1.82, 2.24) is 0 Å². The van der Waals surface area contributed by atoms with Crippen LogP contribution >= 0.6 is 18.6 Å². The van der Waals surface area contributed by atoms with Crippen LogP contribution in [0.5, 0.6) is 0 Å². The van der Waals surface area contributed by atoms with Crippen LogP contribution in [-0.2, 0) is 40.7 Å². The molecule has 0 aromatic heterocycles. The number of allylic oxidation sites excluding steroid dienone is 1. The molecule has 0 fully saturated rings. The van der Waals surface area contributed by atoms with Crippen LogP contribution in [0.1, 0.15) is 88.3 Å².